The predicted octanol–water partition coefficient (Wildman–Crippen LogP) is 1.89. The molecule has 0 spiro atoms. The van der Waals surface area contributed by atoms with Gasteiger partial charge < -0.3 is 10.2 Å². The number of hydrogen-bond donors (Lipinski definition) is 1. The van der Waals surface area contributed by atoms with Crippen LogP contribution in [-0.4, -0.2) is 43.0 Å². The predicted molar refractivity (Wildman–Crippen MR) is 68.9 cm³/mol. The molecule has 0 bridgehead atoms. The van der Waals surface area contributed by atoms with Gasteiger partial charge in [0.25, 0.3) is 0 Å². The molecule has 92 valence electrons. The SMILES string of the molecule is C[C@@H]1CN(C=N[C@H]2CCCC[C@@H]2C)CCN1. The highest BCUT2D eigenvalue weighted by molar-refractivity contribution is 5.55. The fourth-order valence-corrected chi connectivity index (χ4v) is 2.77. The maximum absolute atomic E-state index is 4.80. The first-order chi connectivity index (χ1) is 7.75. The number of hydrogen-bond acceptors (Lipinski definition) is 2. The van der Waals surface area contributed by atoms with E-state index in [1.54, 1.807) is 0 Å². The third-order valence-electron chi connectivity index (χ3n) is 3.89. The van der Waals surface area contributed by atoms with Crippen LogP contribution in [0.2, 0.25) is 0 Å². The molecule has 16 heavy (non-hydrogen) atoms. The number of rotatable bonds is 2. The smallest absolute Gasteiger partial charge is 0.0854 e. The summed E-state index contributed by atoms with van der Waals surface area (Å²) < 4.78 is 0. The van der Waals surface area contributed by atoms with Crippen molar-refractivity contribution in [1.29, 1.82) is 0 Å². The highest BCUT2D eigenvalue weighted by Crippen LogP contribution is 2.26. The minimum Gasteiger partial charge on any atom is -0.360 e. The van der Waals surface area contributed by atoms with Gasteiger partial charge in [0.2, 0.25) is 0 Å². The summed E-state index contributed by atoms with van der Waals surface area (Å²) in [7, 11) is 0. The molecule has 0 aromatic carbocycles. The Morgan fingerprint density at radius 2 is 2.06 bits per heavy atom. The lowest BCUT2D eigenvalue weighted by atomic mass is 9.86. The first kappa shape index (κ1) is 11.9. The van der Waals surface area contributed by atoms with E-state index in [-0.39, 0.29) is 0 Å². The van der Waals surface area contributed by atoms with E-state index in [1.165, 1.54) is 25.7 Å². The Morgan fingerprint density at radius 1 is 1.25 bits per heavy atom. The molecule has 1 heterocycles. The third-order valence-corrected chi connectivity index (χ3v) is 3.89. The normalized spacial score (nSPS) is 36.9. The molecular formula is C13H25N3. The highest BCUT2D eigenvalue weighted by atomic mass is 15.2. The lowest BCUT2D eigenvalue weighted by Gasteiger charge is -2.31. The molecule has 0 aromatic rings. The lowest BCUT2D eigenvalue weighted by molar-refractivity contribution is 0.300. The molecule has 1 saturated carbocycles. The molecule has 3 heteroatoms. The summed E-state index contributed by atoms with van der Waals surface area (Å²) in [5.41, 5.74) is 0. The Morgan fingerprint density at radius 3 is 2.81 bits per heavy atom. The summed E-state index contributed by atoms with van der Waals surface area (Å²) >= 11 is 0. The van der Waals surface area contributed by atoms with Gasteiger partial charge >= 0.3 is 0 Å². The second kappa shape index (κ2) is 5.67. The van der Waals surface area contributed by atoms with Crippen LogP contribution >= 0.6 is 0 Å². The fourth-order valence-electron chi connectivity index (χ4n) is 2.77. The average Bonchev–Trinajstić information content (AvgIpc) is 2.28. The van der Waals surface area contributed by atoms with E-state index >= 15 is 0 Å². The maximum atomic E-state index is 4.80. The van der Waals surface area contributed by atoms with Gasteiger partial charge in [0.05, 0.1) is 12.4 Å². The van der Waals surface area contributed by atoms with Gasteiger partial charge in [-0.1, -0.05) is 19.8 Å². The summed E-state index contributed by atoms with van der Waals surface area (Å²) in [5, 5.41) is 3.46. The van der Waals surface area contributed by atoms with Gasteiger partial charge in [-0.2, -0.15) is 0 Å². The largest absolute Gasteiger partial charge is 0.360 e. The molecule has 1 saturated heterocycles. The van der Waals surface area contributed by atoms with Crippen LogP contribution < -0.4 is 5.32 Å². The van der Waals surface area contributed by atoms with Crippen LogP contribution in [0, 0.1) is 5.92 Å². The Balaban J connectivity index is 1.82. The van der Waals surface area contributed by atoms with E-state index in [9.17, 15) is 0 Å². The van der Waals surface area contributed by atoms with Crippen LogP contribution in [0.15, 0.2) is 4.99 Å². The van der Waals surface area contributed by atoms with Crippen LogP contribution in [0.3, 0.4) is 0 Å². The van der Waals surface area contributed by atoms with E-state index in [0.717, 1.165) is 25.6 Å². The van der Waals surface area contributed by atoms with E-state index in [4.69, 9.17) is 4.99 Å². The number of aliphatic imine (C=N–C) groups is 1. The van der Waals surface area contributed by atoms with Crippen molar-refractivity contribution in [2.75, 3.05) is 19.6 Å². The Labute approximate surface area is 99.3 Å². The van der Waals surface area contributed by atoms with Crippen LogP contribution in [0.1, 0.15) is 39.5 Å². The quantitative estimate of drug-likeness (QED) is 0.572. The molecule has 3 nitrogen and oxygen atoms in total. The first-order valence-corrected chi connectivity index (χ1v) is 6.76. The fraction of sp³-hybridized carbons (Fsp3) is 0.923. The third kappa shape index (κ3) is 3.21. The molecule has 0 radical (unpaired) electrons. The molecule has 2 fully saturated rings. The highest BCUT2D eigenvalue weighted by Gasteiger charge is 2.20. The average molecular weight is 223 g/mol. The van der Waals surface area contributed by atoms with Crippen molar-refractivity contribution in [3.8, 4) is 0 Å². The van der Waals surface area contributed by atoms with E-state index in [0.29, 0.717) is 12.1 Å². The van der Waals surface area contributed by atoms with E-state index in [1.807, 2.05) is 0 Å². The zero-order valence-corrected chi connectivity index (χ0v) is 10.7. The van der Waals surface area contributed by atoms with Crippen molar-refractivity contribution in [3.63, 3.8) is 0 Å². The van der Waals surface area contributed by atoms with Crippen molar-refractivity contribution in [1.82, 2.24) is 10.2 Å². The van der Waals surface area contributed by atoms with Crippen molar-refractivity contribution < 1.29 is 0 Å². The molecule has 1 aliphatic carbocycles. The van der Waals surface area contributed by atoms with Gasteiger partial charge in [-0.15, -0.1) is 0 Å². The maximum Gasteiger partial charge on any atom is 0.0854 e. The molecular weight excluding hydrogens is 198 g/mol. The molecule has 1 aliphatic heterocycles. The summed E-state index contributed by atoms with van der Waals surface area (Å²) in [4.78, 5) is 7.16. The van der Waals surface area contributed by atoms with Gasteiger partial charge in [0.1, 0.15) is 0 Å². The summed E-state index contributed by atoms with van der Waals surface area (Å²) in [6.45, 7) is 7.89. The van der Waals surface area contributed by atoms with Crippen LogP contribution in [0.25, 0.3) is 0 Å². The minimum atomic E-state index is 0.582. The zero-order chi connectivity index (χ0) is 11.4. The Kier molecular flexibility index (Phi) is 4.22. The monoisotopic (exact) mass is 223 g/mol. The van der Waals surface area contributed by atoms with Gasteiger partial charge in [0.15, 0.2) is 0 Å². The van der Waals surface area contributed by atoms with Crippen molar-refractivity contribution in [2.45, 2.75) is 51.6 Å². The zero-order valence-electron chi connectivity index (χ0n) is 10.7. The summed E-state index contributed by atoms with van der Waals surface area (Å²) in [5.74, 6) is 0.783. The standard InChI is InChI=1S/C13H25N3/c1-11-5-3-4-6-13(11)15-10-16-8-7-14-12(2)9-16/h10-14H,3-9H2,1-2H3/t11-,12+,13-/m0/s1. The van der Waals surface area contributed by atoms with Gasteiger partial charge in [-0.3, -0.25) is 4.99 Å². The Hall–Kier alpha value is -0.570. The van der Waals surface area contributed by atoms with Crippen LogP contribution in [0.4, 0.5) is 0 Å². The molecule has 2 rings (SSSR count). The molecule has 1 N–H and O–H groups in total. The molecule has 3 atom stereocenters. The van der Waals surface area contributed by atoms with Crippen molar-refractivity contribution in [2.24, 2.45) is 10.9 Å². The second-order valence-electron chi connectivity index (χ2n) is 5.44. The lowest BCUT2D eigenvalue weighted by Crippen LogP contribution is -2.48. The summed E-state index contributed by atoms with van der Waals surface area (Å²) in [6.07, 6.45) is 7.53. The van der Waals surface area contributed by atoms with E-state index < -0.39 is 0 Å². The summed E-state index contributed by atoms with van der Waals surface area (Å²) in [6, 6.07) is 1.18. The number of nitrogens with zero attached hydrogens (tertiary/aromatic N) is 2. The van der Waals surface area contributed by atoms with Crippen molar-refractivity contribution >= 4 is 6.34 Å². The van der Waals surface area contributed by atoms with E-state index in [2.05, 4.69) is 30.4 Å². The Bertz CT molecular complexity index is 239. The molecule has 0 amide bonds. The van der Waals surface area contributed by atoms with Gasteiger partial charge in [-0.05, 0) is 25.7 Å². The van der Waals surface area contributed by atoms with Crippen LogP contribution in [0.5, 0.6) is 0 Å². The number of piperazine rings is 1. The minimum absolute atomic E-state index is 0.582. The number of nitrogens with one attached hydrogen (secondary N) is 1. The first-order valence-electron chi connectivity index (χ1n) is 6.76. The van der Waals surface area contributed by atoms with Crippen LogP contribution in [-0.2, 0) is 0 Å². The van der Waals surface area contributed by atoms with Crippen molar-refractivity contribution in [3.05, 3.63) is 0 Å². The topological polar surface area (TPSA) is 27.6 Å². The van der Waals surface area contributed by atoms with Gasteiger partial charge in [-0.25, -0.2) is 0 Å². The molecule has 2 aliphatic rings. The molecule has 0 unspecified atom stereocenters. The second-order valence-corrected chi connectivity index (χ2v) is 5.44. The molecule has 0 aromatic heterocycles. The van der Waals surface area contributed by atoms with Gasteiger partial charge in [0, 0.05) is 25.7 Å².